The molecule has 0 unspecified atom stereocenters. The molecule has 18 heavy (non-hydrogen) atoms. The molecule has 0 fully saturated rings. The summed E-state index contributed by atoms with van der Waals surface area (Å²) in [7, 11) is 3.50. The maximum atomic E-state index is 13.8. The average Bonchev–Trinajstić information content (AvgIpc) is 2.28. The van der Waals surface area contributed by atoms with Crippen molar-refractivity contribution in [2.45, 2.75) is 0 Å². The zero-order valence-electron chi connectivity index (χ0n) is 9.85. The van der Waals surface area contributed by atoms with Gasteiger partial charge in [-0.05, 0) is 12.1 Å². The van der Waals surface area contributed by atoms with Crippen molar-refractivity contribution in [3.05, 3.63) is 29.0 Å². The van der Waals surface area contributed by atoms with Gasteiger partial charge in [0.15, 0.2) is 5.82 Å². The fraction of sp³-hybridized carbons (Fsp3) is 0.182. The molecule has 1 aromatic carbocycles. The minimum Gasteiger partial charge on any atom is -0.368 e. The predicted molar refractivity (Wildman–Crippen MR) is 69.0 cm³/mol. The van der Waals surface area contributed by atoms with Crippen LogP contribution in [0.25, 0.3) is 11.4 Å². The average molecular weight is 268 g/mol. The van der Waals surface area contributed by atoms with Gasteiger partial charge in [-0.25, -0.2) is 4.39 Å². The van der Waals surface area contributed by atoms with E-state index in [1.165, 1.54) is 12.1 Å². The van der Waals surface area contributed by atoms with Gasteiger partial charge in [-0.3, -0.25) is 0 Å². The van der Waals surface area contributed by atoms with Crippen molar-refractivity contribution in [3.63, 3.8) is 0 Å². The number of rotatable bonds is 2. The monoisotopic (exact) mass is 267 g/mol. The van der Waals surface area contributed by atoms with Crippen molar-refractivity contribution >= 4 is 23.5 Å². The van der Waals surface area contributed by atoms with Crippen molar-refractivity contribution in [2.24, 2.45) is 0 Å². The van der Waals surface area contributed by atoms with E-state index >= 15 is 0 Å². The molecule has 2 N–H and O–H groups in total. The van der Waals surface area contributed by atoms with E-state index in [0.717, 1.165) is 0 Å². The highest BCUT2D eigenvalue weighted by Gasteiger charge is 2.15. The molecular formula is C11H11ClFN5. The second kappa shape index (κ2) is 4.73. The van der Waals surface area contributed by atoms with Crippen LogP contribution in [0, 0.1) is 5.82 Å². The number of nitrogen functional groups attached to an aromatic ring is 1. The fourth-order valence-electron chi connectivity index (χ4n) is 1.40. The lowest BCUT2D eigenvalue weighted by atomic mass is 10.2. The predicted octanol–water partition coefficient (Wildman–Crippen LogP) is 1.98. The third-order valence-corrected chi connectivity index (χ3v) is 2.54. The molecule has 0 amide bonds. The lowest BCUT2D eigenvalue weighted by Crippen LogP contribution is -2.15. The van der Waals surface area contributed by atoms with Crippen LogP contribution in [0.15, 0.2) is 18.2 Å². The molecule has 2 aromatic rings. The van der Waals surface area contributed by atoms with E-state index in [1.54, 1.807) is 25.1 Å². The summed E-state index contributed by atoms with van der Waals surface area (Å²) in [5, 5.41) is 0.227. The molecule has 0 radical (unpaired) electrons. The van der Waals surface area contributed by atoms with Crippen molar-refractivity contribution < 1.29 is 4.39 Å². The number of aromatic nitrogens is 3. The first-order chi connectivity index (χ1) is 8.49. The Kier molecular flexibility index (Phi) is 3.29. The first-order valence-corrected chi connectivity index (χ1v) is 5.50. The molecule has 5 nitrogen and oxygen atoms in total. The highest BCUT2D eigenvalue weighted by atomic mass is 35.5. The maximum absolute atomic E-state index is 13.8. The van der Waals surface area contributed by atoms with Gasteiger partial charge in [0.05, 0.1) is 10.6 Å². The van der Waals surface area contributed by atoms with Gasteiger partial charge in [0, 0.05) is 14.1 Å². The van der Waals surface area contributed by atoms with Gasteiger partial charge in [-0.15, -0.1) is 0 Å². The molecular weight excluding hydrogens is 257 g/mol. The van der Waals surface area contributed by atoms with Crippen molar-refractivity contribution in [1.82, 2.24) is 15.0 Å². The van der Waals surface area contributed by atoms with E-state index in [4.69, 9.17) is 17.3 Å². The van der Waals surface area contributed by atoms with Crippen LogP contribution in [0.1, 0.15) is 0 Å². The number of benzene rings is 1. The summed E-state index contributed by atoms with van der Waals surface area (Å²) in [6.45, 7) is 0. The molecule has 0 spiro atoms. The number of nitrogens with two attached hydrogens (primary N) is 1. The summed E-state index contributed by atoms with van der Waals surface area (Å²) in [6.07, 6.45) is 0. The minimum absolute atomic E-state index is 0.0167. The summed E-state index contributed by atoms with van der Waals surface area (Å²) in [5.74, 6) is -0.0213. The van der Waals surface area contributed by atoms with Crippen LogP contribution < -0.4 is 10.6 Å². The van der Waals surface area contributed by atoms with E-state index in [1.807, 2.05) is 0 Å². The highest BCUT2D eigenvalue weighted by molar-refractivity contribution is 6.33. The number of nitrogens with zero attached hydrogens (tertiary/aromatic N) is 4. The van der Waals surface area contributed by atoms with Crippen LogP contribution >= 0.6 is 11.6 Å². The third kappa shape index (κ3) is 2.33. The smallest absolute Gasteiger partial charge is 0.230 e. The summed E-state index contributed by atoms with van der Waals surface area (Å²) in [5.41, 5.74) is 5.70. The zero-order chi connectivity index (χ0) is 13.3. The first kappa shape index (κ1) is 12.5. The Balaban J connectivity index is 2.64. The van der Waals surface area contributed by atoms with Gasteiger partial charge in [0.1, 0.15) is 5.82 Å². The molecule has 7 heteroatoms. The van der Waals surface area contributed by atoms with Crippen LogP contribution in [0.5, 0.6) is 0 Å². The molecule has 0 aliphatic rings. The molecule has 1 heterocycles. The fourth-order valence-corrected chi connectivity index (χ4v) is 1.65. The molecule has 0 saturated heterocycles. The van der Waals surface area contributed by atoms with E-state index in [9.17, 15) is 4.39 Å². The third-order valence-electron chi connectivity index (χ3n) is 2.23. The van der Waals surface area contributed by atoms with Gasteiger partial charge >= 0.3 is 0 Å². The van der Waals surface area contributed by atoms with E-state index in [2.05, 4.69) is 15.0 Å². The van der Waals surface area contributed by atoms with Gasteiger partial charge < -0.3 is 10.6 Å². The molecule has 0 aliphatic heterocycles. The maximum Gasteiger partial charge on any atom is 0.230 e. The van der Waals surface area contributed by atoms with Gasteiger partial charge in [0.25, 0.3) is 0 Å². The summed E-state index contributed by atoms with van der Waals surface area (Å²) < 4.78 is 13.8. The van der Waals surface area contributed by atoms with Crippen LogP contribution in [-0.4, -0.2) is 29.0 Å². The minimum atomic E-state index is -0.502. The second-order valence-electron chi connectivity index (χ2n) is 3.81. The van der Waals surface area contributed by atoms with Crippen molar-refractivity contribution in [1.29, 1.82) is 0 Å². The lowest BCUT2D eigenvalue weighted by molar-refractivity contribution is 0.630. The Morgan fingerprint density at radius 3 is 2.56 bits per heavy atom. The Morgan fingerprint density at radius 2 is 1.94 bits per heavy atom. The summed E-state index contributed by atoms with van der Waals surface area (Å²) in [6, 6.07) is 4.37. The van der Waals surface area contributed by atoms with Crippen LogP contribution in [0.4, 0.5) is 16.3 Å². The number of anilines is 2. The van der Waals surface area contributed by atoms with Crippen LogP contribution in [-0.2, 0) is 0 Å². The summed E-state index contributed by atoms with van der Waals surface area (Å²) in [4.78, 5) is 13.6. The van der Waals surface area contributed by atoms with Crippen molar-refractivity contribution in [2.75, 3.05) is 24.7 Å². The number of hydrogen-bond acceptors (Lipinski definition) is 5. The second-order valence-corrected chi connectivity index (χ2v) is 4.22. The SMILES string of the molecule is CN(C)c1nc(N)nc(-c2c(F)cccc2Cl)n1. The Morgan fingerprint density at radius 1 is 1.22 bits per heavy atom. The highest BCUT2D eigenvalue weighted by Crippen LogP contribution is 2.28. The topological polar surface area (TPSA) is 67.9 Å². The molecule has 0 atom stereocenters. The van der Waals surface area contributed by atoms with E-state index in [-0.39, 0.29) is 22.4 Å². The van der Waals surface area contributed by atoms with Gasteiger partial charge in [-0.1, -0.05) is 17.7 Å². The molecule has 94 valence electrons. The standard InChI is InChI=1S/C11H11ClFN5/c1-18(2)11-16-9(15-10(14)17-11)8-6(12)4-3-5-7(8)13/h3-5H,1-2H3,(H2,14,15,16,17). The largest absolute Gasteiger partial charge is 0.368 e. The summed E-state index contributed by atoms with van der Waals surface area (Å²) >= 11 is 5.95. The van der Waals surface area contributed by atoms with E-state index < -0.39 is 5.82 Å². The van der Waals surface area contributed by atoms with Gasteiger partial charge in [-0.2, -0.15) is 15.0 Å². The zero-order valence-corrected chi connectivity index (χ0v) is 10.6. The Hall–Kier alpha value is -1.95. The van der Waals surface area contributed by atoms with Gasteiger partial charge in [0.2, 0.25) is 11.9 Å². The van der Waals surface area contributed by atoms with Crippen LogP contribution in [0.2, 0.25) is 5.02 Å². The molecule has 0 bridgehead atoms. The van der Waals surface area contributed by atoms with E-state index in [0.29, 0.717) is 5.95 Å². The van der Waals surface area contributed by atoms with Crippen molar-refractivity contribution in [3.8, 4) is 11.4 Å². The molecule has 0 aliphatic carbocycles. The number of hydrogen-bond donors (Lipinski definition) is 1. The molecule has 2 rings (SSSR count). The Labute approximate surface area is 108 Å². The molecule has 0 saturated carbocycles. The van der Waals surface area contributed by atoms with Crippen LogP contribution in [0.3, 0.4) is 0 Å². The first-order valence-electron chi connectivity index (χ1n) is 5.12. The normalized spacial score (nSPS) is 10.4. The number of halogens is 2. The lowest BCUT2D eigenvalue weighted by Gasteiger charge is -2.12. The Bertz CT molecular complexity index is 567. The molecule has 1 aromatic heterocycles. The quantitative estimate of drug-likeness (QED) is 0.901.